The van der Waals surface area contributed by atoms with Crippen LogP contribution >= 0.6 is 0 Å². The van der Waals surface area contributed by atoms with E-state index in [2.05, 4.69) is 4.98 Å². The summed E-state index contributed by atoms with van der Waals surface area (Å²) in [6.07, 6.45) is -9.07. The molecule has 1 heterocycles. The van der Waals surface area contributed by atoms with E-state index in [0.717, 1.165) is 6.07 Å². The van der Waals surface area contributed by atoms with E-state index in [-0.39, 0.29) is 5.69 Å². The van der Waals surface area contributed by atoms with Crippen molar-refractivity contribution in [2.45, 2.75) is 19.0 Å². The van der Waals surface area contributed by atoms with Crippen molar-refractivity contribution >= 4 is 5.97 Å². The monoisotopic (exact) mass is 255 g/mol. The predicted molar refractivity (Wildman–Crippen MR) is 45.5 cm³/mol. The van der Waals surface area contributed by atoms with Crippen molar-refractivity contribution in [1.29, 1.82) is 0 Å². The Bertz CT molecular complexity index is 430. The van der Waals surface area contributed by atoms with E-state index in [4.69, 9.17) is 5.11 Å². The maximum absolute atomic E-state index is 12.4. The lowest BCUT2D eigenvalue weighted by molar-refractivity contribution is -0.140. The van der Waals surface area contributed by atoms with Gasteiger partial charge in [0.2, 0.25) is 0 Å². The Morgan fingerprint density at radius 2 is 1.94 bits per heavy atom. The average Bonchev–Trinajstić information content (AvgIpc) is 2.14. The number of aliphatic carboxylic acids is 1. The van der Waals surface area contributed by atoms with Gasteiger partial charge in [-0.2, -0.15) is 13.2 Å². The molecule has 0 fully saturated rings. The molecule has 0 aromatic carbocycles. The van der Waals surface area contributed by atoms with Crippen molar-refractivity contribution in [3.63, 3.8) is 0 Å². The van der Waals surface area contributed by atoms with Crippen LogP contribution in [0.5, 0.6) is 0 Å². The molecule has 1 aromatic rings. The highest BCUT2D eigenvalue weighted by molar-refractivity contribution is 5.69. The van der Waals surface area contributed by atoms with Gasteiger partial charge in [0.25, 0.3) is 6.43 Å². The first-order valence-corrected chi connectivity index (χ1v) is 4.28. The summed E-state index contributed by atoms with van der Waals surface area (Å²) in [4.78, 5) is 13.3. The lowest BCUT2D eigenvalue weighted by Gasteiger charge is -2.12. The van der Waals surface area contributed by atoms with Crippen LogP contribution in [0.25, 0.3) is 0 Å². The molecule has 1 aromatic heterocycles. The number of halogens is 5. The van der Waals surface area contributed by atoms with Crippen LogP contribution in [0, 0.1) is 0 Å². The molecule has 1 N–H and O–H groups in total. The fraction of sp³-hybridized carbons (Fsp3) is 0.333. The molecule has 0 aliphatic rings. The van der Waals surface area contributed by atoms with Gasteiger partial charge in [0.05, 0.1) is 17.7 Å². The minimum Gasteiger partial charge on any atom is -0.481 e. The Balaban J connectivity index is 3.22. The molecule has 17 heavy (non-hydrogen) atoms. The quantitative estimate of drug-likeness (QED) is 0.845. The Labute approximate surface area is 91.9 Å². The molecule has 0 aliphatic heterocycles. The number of rotatable bonds is 3. The van der Waals surface area contributed by atoms with Gasteiger partial charge in [-0.15, -0.1) is 0 Å². The molecule has 0 bridgehead atoms. The van der Waals surface area contributed by atoms with Crippen molar-refractivity contribution in [3.8, 4) is 0 Å². The minimum absolute atomic E-state index is 0.346. The first-order chi connectivity index (χ1) is 7.71. The fourth-order valence-corrected chi connectivity index (χ4v) is 1.18. The van der Waals surface area contributed by atoms with Crippen molar-refractivity contribution in [2.75, 3.05) is 0 Å². The van der Waals surface area contributed by atoms with Gasteiger partial charge in [0, 0.05) is 0 Å². The molecule has 0 radical (unpaired) electrons. The first kappa shape index (κ1) is 13.3. The second-order valence-corrected chi connectivity index (χ2v) is 3.10. The van der Waals surface area contributed by atoms with Crippen LogP contribution in [0.1, 0.15) is 23.4 Å². The molecule has 8 heteroatoms. The standard InChI is InChI=1S/C9H6F5NO2/c10-8(11)7-5(9(12,13)14)2-1-4(15-7)3-6(16)17/h1-2,8H,3H2,(H,16,17). The van der Waals surface area contributed by atoms with Crippen LogP contribution in [0.15, 0.2) is 12.1 Å². The molecule has 3 nitrogen and oxygen atoms in total. The molecule has 0 saturated carbocycles. The smallest absolute Gasteiger partial charge is 0.418 e. The van der Waals surface area contributed by atoms with Gasteiger partial charge >= 0.3 is 12.1 Å². The lowest BCUT2D eigenvalue weighted by Crippen LogP contribution is -2.13. The van der Waals surface area contributed by atoms with E-state index >= 15 is 0 Å². The second kappa shape index (κ2) is 4.64. The number of hydrogen-bond donors (Lipinski definition) is 1. The number of carboxylic acids is 1. The van der Waals surface area contributed by atoms with Gasteiger partial charge in [-0.3, -0.25) is 9.78 Å². The number of alkyl halides is 5. The SMILES string of the molecule is O=C(O)Cc1ccc(C(F)(F)F)c(C(F)F)n1. The van der Waals surface area contributed by atoms with Gasteiger partial charge in [-0.25, -0.2) is 8.78 Å². The van der Waals surface area contributed by atoms with Crippen LogP contribution in [0.4, 0.5) is 22.0 Å². The number of carboxylic acid groups (broad SMARTS) is 1. The summed E-state index contributed by atoms with van der Waals surface area (Å²) < 4.78 is 61.7. The molecule has 94 valence electrons. The number of aromatic nitrogens is 1. The highest BCUT2D eigenvalue weighted by Crippen LogP contribution is 2.35. The zero-order valence-electron chi connectivity index (χ0n) is 8.13. The Morgan fingerprint density at radius 1 is 1.35 bits per heavy atom. The molecule has 0 amide bonds. The fourth-order valence-electron chi connectivity index (χ4n) is 1.18. The summed E-state index contributed by atoms with van der Waals surface area (Å²) in [5, 5.41) is 8.38. The maximum atomic E-state index is 12.4. The zero-order chi connectivity index (χ0) is 13.2. The molecular weight excluding hydrogens is 249 g/mol. The van der Waals surface area contributed by atoms with Crippen LogP contribution in [0.3, 0.4) is 0 Å². The summed E-state index contributed by atoms with van der Waals surface area (Å²) in [5.74, 6) is -1.36. The van der Waals surface area contributed by atoms with Gasteiger partial charge in [0.15, 0.2) is 0 Å². The molecular formula is C9H6F5NO2. The number of carbonyl (C=O) groups is 1. The second-order valence-electron chi connectivity index (χ2n) is 3.10. The highest BCUT2D eigenvalue weighted by atomic mass is 19.4. The molecule has 0 atom stereocenters. The van der Waals surface area contributed by atoms with Crippen molar-refractivity contribution in [1.82, 2.24) is 4.98 Å². The van der Waals surface area contributed by atoms with E-state index in [1.165, 1.54) is 0 Å². The third-order valence-corrected chi connectivity index (χ3v) is 1.83. The number of pyridine rings is 1. The molecule has 1 rings (SSSR count). The Kier molecular flexibility index (Phi) is 3.64. The average molecular weight is 255 g/mol. The Hall–Kier alpha value is -1.73. The van der Waals surface area contributed by atoms with Crippen LogP contribution in [0.2, 0.25) is 0 Å². The van der Waals surface area contributed by atoms with Crippen molar-refractivity contribution in [2.24, 2.45) is 0 Å². The van der Waals surface area contributed by atoms with E-state index < -0.39 is 36.2 Å². The van der Waals surface area contributed by atoms with Crippen LogP contribution < -0.4 is 0 Å². The van der Waals surface area contributed by atoms with Gasteiger partial charge in [0.1, 0.15) is 5.69 Å². The summed E-state index contributed by atoms with van der Waals surface area (Å²) in [5.41, 5.74) is -3.35. The lowest BCUT2D eigenvalue weighted by atomic mass is 10.1. The zero-order valence-corrected chi connectivity index (χ0v) is 8.13. The highest BCUT2D eigenvalue weighted by Gasteiger charge is 2.36. The van der Waals surface area contributed by atoms with Crippen LogP contribution in [-0.2, 0) is 17.4 Å². The van der Waals surface area contributed by atoms with Crippen LogP contribution in [-0.4, -0.2) is 16.1 Å². The minimum atomic E-state index is -4.94. The number of hydrogen-bond acceptors (Lipinski definition) is 2. The van der Waals surface area contributed by atoms with Gasteiger partial charge in [-0.1, -0.05) is 0 Å². The predicted octanol–water partition coefficient (Wildman–Crippen LogP) is 2.67. The maximum Gasteiger partial charge on any atom is 0.418 e. The third kappa shape index (κ3) is 3.36. The summed E-state index contributed by atoms with van der Waals surface area (Å²) in [6.45, 7) is 0. The molecule has 0 unspecified atom stereocenters. The molecule has 0 aliphatic carbocycles. The van der Waals surface area contributed by atoms with E-state index in [1.54, 1.807) is 0 Å². The topological polar surface area (TPSA) is 50.2 Å². The molecule has 0 spiro atoms. The normalized spacial score (nSPS) is 11.9. The van der Waals surface area contributed by atoms with E-state index in [9.17, 15) is 26.7 Å². The Morgan fingerprint density at radius 3 is 2.35 bits per heavy atom. The third-order valence-electron chi connectivity index (χ3n) is 1.83. The van der Waals surface area contributed by atoms with E-state index in [1.807, 2.05) is 0 Å². The van der Waals surface area contributed by atoms with E-state index in [0.29, 0.717) is 6.07 Å². The molecule has 0 saturated heterocycles. The number of nitrogens with zero attached hydrogens (tertiary/aromatic N) is 1. The van der Waals surface area contributed by atoms with Crippen molar-refractivity contribution in [3.05, 3.63) is 29.1 Å². The van der Waals surface area contributed by atoms with Crippen molar-refractivity contribution < 1.29 is 31.9 Å². The summed E-state index contributed by atoms with van der Waals surface area (Å²) in [7, 11) is 0. The van der Waals surface area contributed by atoms with Gasteiger partial charge in [-0.05, 0) is 12.1 Å². The van der Waals surface area contributed by atoms with Gasteiger partial charge < -0.3 is 5.11 Å². The summed E-state index contributed by atoms with van der Waals surface area (Å²) in [6, 6.07) is 1.18. The largest absolute Gasteiger partial charge is 0.481 e. The summed E-state index contributed by atoms with van der Waals surface area (Å²) >= 11 is 0. The first-order valence-electron chi connectivity index (χ1n) is 4.28.